The average Bonchev–Trinajstić information content (AvgIpc) is 2.35. The molecule has 3 N–H and O–H groups in total. The lowest BCUT2D eigenvalue weighted by Gasteiger charge is -2.23. The summed E-state index contributed by atoms with van der Waals surface area (Å²) in [5, 5.41) is 11.4. The SMILES string of the molecule is Cc1cccc(S(=O)(=O)N(C)C(C)C(N)=NO)c1. The van der Waals surface area contributed by atoms with Gasteiger partial charge in [0.2, 0.25) is 10.0 Å². The van der Waals surface area contributed by atoms with Crippen molar-refractivity contribution in [3.05, 3.63) is 29.8 Å². The molecule has 0 aromatic heterocycles. The lowest BCUT2D eigenvalue weighted by Crippen LogP contribution is -2.43. The van der Waals surface area contributed by atoms with Crippen LogP contribution in [-0.4, -0.2) is 36.9 Å². The molecular formula is C11H17N3O3S. The Bertz CT molecular complexity index is 554. The molecule has 100 valence electrons. The molecule has 0 spiro atoms. The topological polar surface area (TPSA) is 96.0 Å². The van der Waals surface area contributed by atoms with Gasteiger partial charge in [-0.15, -0.1) is 0 Å². The molecule has 0 amide bonds. The van der Waals surface area contributed by atoms with E-state index in [2.05, 4.69) is 5.16 Å². The van der Waals surface area contributed by atoms with Crippen molar-refractivity contribution < 1.29 is 13.6 Å². The summed E-state index contributed by atoms with van der Waals surface area (Å²) < 4.78 is 25.6. The molecule has 0 bridgehead atoms. The van der Waals surface area contributed by atoms with E-state index in [1.54, 1.807) is 19.1 Å². The van der Waals surface area contributed by atoms with E-state index >= 15 is 0 Å². The van der Waals surface area contributed by atoms with Crippen molar-refractivity contribution in [2.45, 2.75) is 24.8 Å². The molecular weight excluding hydrogens is 254 g/mol. The summed E-state index contributed by atoms with van der Waals surface area (Å²) in [6.45, 7) is 3.36. The minimum Gasteiger partial charge on any atom is -0.409 e. The third kappa shape index (κ3) is 2.80. The summed E-state index contributed by atoms with van der Waals surface area (Å²) in [4.78, 5) is 0.183. The van der Waals surface area contributed by atoms with E-state index in [1.807, 2.05) is 13.0 Å². The quantitative estimate of drug-likeness (QED) is 0.365. The summed E-state index contributed by atoms with van der Waals surface area (Å²) in [6.07, 6.45) is 0. The second kappa shape index (κ2) is 5.36. The van der Waals surface area contributed by atoms with Crippen molar-refractivity contribution >= 4 is 15.9 Å². The maximum absolute atomic E-state index is 12.3. The number of nitrogens with two attached hydrogens (primary N) is 1. The minimum atomic E-state index is -3.65. The van der Waals surface area contributed by atoms with Crippen molar-refractivity contribution in [2.75, 3.05) is 7.05 Å². The first-order chi connectivity index (χ1) is 8.30. The lowest BCUT2D eigenvalue weighted by atomic mass is 10.2. The largest absolute Gasteiger partial charge is 0.409 e. The molecule has 1 rings (SSSR count). The predicted octanol–water partition coefficient (Wildman–Crippen LogP) is 0.750. The van der Waals surface area contributed by atoms with Gasteiger partial charge in [0.25, 0.3) is 0 Å². The molecule has 18 heavy (non-hydrogen) atoms. The van der Waals surface area contributed by atoms with E-state index in [-0.39, 0.29) is 10.7 Å². The van der Waals surface area contributed by atoms with Crippen LogP contribution in [0.1, 0.15) is 12.5 Å². The fraction of sp³-hybridized carbons (Fsp3) is 0.364. The first kappa shape index (κ1) is 14.5. The minimum absolute atomic E-state index is 0.159. The highest BCUT2D eigenvalue weighted by Crippen LogP contribution is 2.17. The number of aryl methyl sites for hydroxylation is 1. The second-order valence-electron chi connectivity index (χ2n) is 4.04. The Morgan fingerprint density at radius 3 is 2.61 bits per heavy atom. The maximum Gasteiger partial charge on any atom is 0.243 e. The molecule has 0 heterocycles. The van der Waals surface area contributed by atoms with Gasteiger partial charge in [-0.3, -0.25) is 0 Å². The number of nitrogens with zero attached hydrogens (tertiary/aromatic N) is 2. The summed E-state index contributed by atoms with van der Waals surface area (Å²) in [6, 6.07) is 5.85. The van der Waals surface area contributed by atoms with Gasteiger partial charge in [-0.2, -0.15) is 4.31 Å². The number of oxime groups is 1. The third-order valence-electron chi connectivity index (χ3n) is 2.76. The van der Waals surface area contributed by atoms with Crippen LogP contribution in [0.5, 0.6) is 0 Å². The Hall–Kier alpha value is -1.60. The first-order valence-corrected chi connectivity index (χ1v) is 6.77. The molecule has 1 aromatic rings. The normalized spacial score (nSPS) is 14.8. The predicted molar refractivity (Wildman–Crippen MR) is 69.0 cm³/mol. The van der Waals surface area contributed by atoms with E-state index in [0.717, 1.165) is 9.87 Å². The molecule has 7 heteroatoms. The van der Waals surface area contributed by atoms with Crippen LogP contribution in [0, 0.1) is 6.92 Å². The van der Waals surface area contributed by atoms with Gasteiger partial charge in [0.05, 0.1) is 10.9 Å². The smallest absolute Gasteiger partial charge is 0.243 e. The molecule has 0 aliphatic rings. The highest BCUT2D eigenvalue weighted by atomic mass is 32.2. The fourth-order valence-corrected chi connectivity index (χ4v) is 2.86. The zero-order valence-electron chi connectivity index (χ0n) is 10.5. The van der Waals surface area contributed by atoms with Crippen molar-refractivity contribution in [1.29, 1.82) is 0 Å². The average molecular weight is 271 g/mol. The highest BCUT2D eigenvalue weighted by molar-refractivity contribution is 7.89. The Morgan fingerprint density at radius 2 is 2.11 bits per heavy atom. The van der Waals surface area contributed by atoms with E-state index in [4.69, 9.17) is 10.9 Å². The standard InChI is InChI=1S/C11H17N3O3S/c1-8-5-4-6-10(7-8)18(16,17)14(3)9(2)11(12)13-15/h4-7,9,15H,1-3H3,(H2,12,13). The summed E-state index contributed by atoms with van der Waals surface area (Å²) in [5.74, 6) is -0.159. The number of hydrogen-bond donors (Lipinski definition) is 2. The number of likely N-dealkylation sites (N-methyl/N-ethyl adjacent to an activating group) is 1. The van der Waals surface area contributed by atoms with Gasteiger partial charge in [0.1, 0.15) is 0 Å². The molecule has 0 aliphatic carbocycles. The summed E-state index contributed by atoms with van der Waals surface area (Å²) in [5.41, 5.74) is 6.26. The Balaban J connectivity index is 3.15. The maximum atomic E-state index is 12.3. The van der Waals surface area contributed by atoms with E-state index < -0.39 is 16.1 Å². The highest BCUT2D eigenvalue weighted by Gasteiger charge is 2.27. The van der Waals surface area contributed by atoms with Crippen LogP contribution in [0.15, 0.2) is 34.3 Å². The van der Waals surface area contributed by atoms with Crippen LogP contribution in [0.25, 0.3) is 0 Å². The van der Waals surface area contributed by atoms with Gasteiger partial charge in [-0.1, -0.05) is 17.3 Å². The molecule has 0 radical (unpaired) electrons. The second-order valence-corrected chi connectivity index (χ2v) is 6.04. The van der Waals surface area contributed by atoms with Gasteiger partial charge < -0.3 is 10.9 Å². The number of hydrogen-bond acceptors (Lipinski definition) is 4. The van der Waals surface area contributed by atoms with Gasteiger partial charge in [-0.05, 0) is 31.5 Å². The molecule has 1 aromatic carbocycles. The van der Waals surface area contributed by atoms with Gasteiger partial charge >= 0.3 is 0 Å². The van der Waals surface area contributed by atoms with E-state index in [9.17, 15) is 8.42 Å². The number of benzene rings is 1. The third-order valence-corrected chi connectivity index (χ3v) is 4.68. The molecule has 0 fully saturated rings. The zero-order chi connectivity index (χ0) is 13.9. The molecule has 0 saturated heterocycles. The van der Waals surface area contributed by atoms with E-state index in [1.165, 1.54) is 13.1 Å². The Morgan fingerprint density at radius 1 is 1.50 bits per heavy atom. The van der Waals surface area contributed by atoms with Crippen molar-refractivity contribution in [3.63, 3.8) is 0 Å². The molecule has 6 nitrogen and oxygen atoms in total. The lowest BCUT2D eigenvalue weighted by molar-refractivity contribution is 0.311. The number of sulfonamides is 1. The first-order valence-electron chi connectivity index (χ1n) is 5.33. The van der Waals surface area contributed by atoms with Gasteiger partial charge in [0.15, 0.2) is 5.84 Å². The molecule has 0 saturated carbocycles. The summed E-state index contributed by atoms with van der Waals surface area (Å²) >= 11 is 0. The van der Waals surface area contributed by atoms with Crippen LogP contribution in [-0.2, 0) is 10.0 Å². The van der Waals surface area contributed by atoms with Crippen LogP contribution in [0.4, 0.5) is 0 Å². The van der Waals surface area contributed by atoms with Crippen molar-refractivity contribution in [2.24, 2.45) is 10.9 Å². The van der Waals surface area contributed by atoms with Crippen LogP contribution >= 0.6 is 0 Å². The zero-order valence-corrected chi connectivity index (χ0v) is 11.3. The molecule has 0 aliphatic heterocycles. The van der Waals surface area contributed by atoms with Crippen LogP contribution in [0.2, 0.25) is 0 Å². The number of amidine groups is 1. The van der Waals surface area contributed by atoms with Gasteiger partial charge in [-0.25, -0.2) is 8.42 Å². The van der Waals surface area contributed by atoms with Crippen LogP contribution < -0.4 is 5.73 Å². The monoisotopic (exact) mass is 271 g/mol. The van der Waals surface area contributed by atoms with Crippen LogP contribution in [0.3, 0.4) is 0 Å². The van der Waals surface area contributed by atoms with E-state index in [0.29, 0.717) is 0 Å². The van der Waals surface area contributed by atoms with Gasteiger partial charge in [0, 0.05) is 7.05 Å². The molecule has 1 atom stereocenters. The Labute approximate surface area is 107 Å². The fourth-order valence-electron chi connectivity index (χ4n) is 1.42. The van der Waals surface area contributed by atoms with Crippen molar-refractivity contribution in [3.8, 4) is 0 Å². The van der Waals surface area contributed by atoms with Crippen molar-refractivity contribution in [1.82, 2.24) is 4.31 Å². The Kier molecular flexibility index (Phi) is 4.31. The summed E-state index contributed by atoms with van der Waals surface area (Å²) in [7, 11) is -2.27. The molecule has 1 unspecified atom stereocenters. The number of rotatable bonds is 4.